The van der Waals surface area contributed by atoms with Crippen molar-refractivity contribution in [2.24, 2.45) is 5.84 Å². The van der Waals surface area contributed by atoms with Gasteiger partial charge in [0.05, 0.1) is 6.04 Å². The average molecular weight is 232 g/mol. The summed E-state index contributed by atoms with van der Waals surface area (Å²) in [5.74, 6) is 6.61. The van der Waals surface area contributed by atoms with E-state index in [9.17, 15) is 0 Å². The van der Waals surface area contributed by atoms with E-state index in [4.69, 9.17) is 10.6 Å². The van der Waals surface area contributed by atoms with Crippen LogP contribution in [0.25, 0.3) is 0 Å². The largest absolute Gasteiger partial charge is 0.488 e. The summed E-state index contributed by atoms with van der Waals surface area (Å²) in [4.78, 5) is 0. The molecule has 0 saturated carbocycles. The Balaban J connectivity index is 1.97. The lowest BCUT2D eigenvalue weighted by molar-refractivity contribution is 0.172. The van der Waals surface area contributed by atoms with E-state index in [1.54, 1.807) is 0 Å². The highest BCUT2D eigenvalue weighted by Crippen LogP contribution is 2.30. The number of hydrogen-bond acceptors (Lipinski definition) is 3. The van der Waals surface area contributed by atoms with Crippen LogP contribution in [0, 0.1) is 0 Å². The van der Waals surface area contributed by atoms with E-state index >= 15 is 0 Å². The fraction of sp³-hybridized carbons (Fsp3) is 0.429. The maximum Gasteiger partial charge on any atom is 0.123 e. The number of nitrogens with one attached hydrogen (secondary N) is 1. The molecule has 0 saturated heterocycles. The molecule has 1 aromatic carbocycles. The number of ether oxygens (including phenoxy) is 1. The SMILES string of the molecule is C=C(C)CCC(NN)C1Cc2ccccc2O1. The van der Waals surface area contributed by atoms with E-state index in [0.717, 1.165) is 25.0 Å². The van der Waals surface area contributed by atoms with Crippen LogP contribution in [0.1, 0.15) is 25.3 Å². The summed E-state index contributed by atoms with van der Waals surface area (Å²) < 4.78 is 5.92. The van der Waals surface area contributed by atoms with Crippen LogP contribution in [0.3, 0.4) is 0 Å². The second-order valence-electron chi connectivity index (χ2n) is 4.74. The Morgan fingerprint density at radius 1 is 1.59 bits per heavy atom. The molecule has 0 aliphatic carbocycles. The second kappa shape index (κ2) is 5.34. The van der Waals surface area contributed by atoms with Crippen LogP contribution in [0.2, 0.25) is 0 Å². The van der Waals surface area contributed by atoms with Crippen molar-refractivity contribution in [3.05, 3.63) is 42.0 Å². The molecular weight excluding hydrogens is 212 g/mol. The molecule has 0 spiro atoms. The van der Waals surface area contributed by atoms with Crippen LogP contribution < -0.4 is 16.0 Å². The quantitative estimate of drug-likeness (QED) is 0.465. The summed E-state index contributed by atoms with van der Waals surface area (Å²) in [5, 5.41) is 0. The molecule has 1 heterocycles. The first-order chi connectivity index (χ1) is 8.20. The molecule has 0 radical (unpaired) electrons. The zero-order chi connectivity index (χ0) is 12.3. The number of fused-ring (bicyclic) bond motifs is 1. The van der Waals surface area contributed by atoms with Gasteiger partial charge >= 0.3 is 0 Å². The van der Waals surface area contributed by atoms with Crippen molar-refractivity contribution in [3.63, 3.8) is 0 Å². The molecule has 2 unspecified atom stereocenters. The van der Waals surface area contributed by atoms with Gasteiger partial charge in [-0.15, -0.1) is 6.58 Å². The van der Waals surface area contributed by atoms with E-state index in [0.29, 0.717) is 0 Å². The maximum atomic E-state index is 5.92. The average Bonchev–Trinajstić information content (AvgIpc) is 2.72. The fourth-order valence-electron chi connectivity index (χ4n) is 2.21. The number of rotatable bonds is 5. The molecule has 3 N–H and O–H groups in total. The number of para-hydroxylation sites is 1. The van der Waals surface area contributed by atoms with E-state index in [1.807, 2.05) is 25.1 Å². The molecule has 0 bridgehead atoms. The molecule has 1 aliphatic rings. The molecule has 1 aromatic rings. The van der Waals surface area contributed by atoms with Crippen molar-refractivity contribution in [1.29, 1.82) is 0 Å². The molecule has 0 aromatic heterocycles. The Bertz CT molecular complexity index is 378. The van der Waals surface area contributed by atoms with Gasteiger partial charge in [0.15, 0.2) is 0 Å². The summed E-state index contributed by atoms with van der Waals surface area (Å²) in [6.45, 7) is 5.96. The molecule has 2 rings (SSSR count). The Labute approximate surface area is 103 Å². The zero-order valence-corrected chi connectivity index (χ0v) is 10.3. The third-order valence-electron chi connectivity index (χ3n) is 3.22. The minimum atomic E-state index is 0.136. The predicted octanol–water partition coefficient (Wildman–Crippen LogP) is 2.18. The van der Waals surface area contributed by atoms with Gasteiger partial charge < -0.3 is 4.74 Å². The topological polar surface area (TPSA) is 47.3 Å². The van der Waals surface area contributed by atoms with Gasteiger partial charge in [-0.2, -0.15) is 0 Å². The van der Waals surface area contributed by atoms with E-state index in [-0.39, 0.29) is 12.1 Å². The summed E-state index contributed by atoms with van der Waals surface area (Å²) in [6.07, 6.45) is 3.01. The number of hydrazine groups is 1. The maximum absolute atomic E-state index is 5.92. The summed E-state index contributed by atoms with van der Waals surface area (Å²) in [7, 11) is 0. The Kier molecular flexibility index (Phi) is 3.82. The van der Waals surface area contributed by atoms with Crippen molar-refractivity contribution in [2.75, 3.05) is 0 Å². The smallest absolute Gasteiger partial charge is 0.123 e. The number of hydrogen-bond donors (Lipinski definition) is 2. The van der Waals surface area contributed by atoms with Crippen LogP contribution in [0.4, 0.5) is 0 Å². The molecular formula is C14H20N2O. The van der Waals surface area contributed by atoms with Gasteiger partial charge in [0.25, 0.3) is 0 Å². The van der Waals surface area contributed by atoms with Crippen molar-refractivity contribution < 1.29 is 4.74 Å². The molecule has 0 amide bonds. The van der Waals surface area contributed by atoms with E-state index in [1.165, 1.54) is 11.1 Å². The van der Waals surface area contributed by atoms with Gasteiger partial charge in [-0.1, -0.05) is 23.8 Å². The van der Waals surface area contributed by atoms with Gasteiger partial charge in [0.2, 0.25) is 0 Å². The minimum Gasteiger partial charge on any atom is -0.488 e. The lowest BCUT2D eigenvalue weighted by Gasteiger charge is -2.22. The molecule has 17 heavy (non-hydrogen) atoms. The van der Waals surface area contributed by atoms with Crippen molar-refractivity contribution in [2.45, 2.75) is 38.3 Å². The van der Waals surface area contributed by atoms with Crippen LogP contribution in [-0.4, -0.2) is 12.1 Å². The monoisotopic (exact) mass is 232 g/mol. The van der Waals surface area contributed by atoms with E-state index < -0.39 is 0 Å². The van der Waals surface area contributed by atoms with Crippen molar-refractivity contribution in [3.8, 4) is 5.75 Å². The first-order valence-corrected chi connectivity index (χ1v) is 6.06. The number of allylic oxidation sites excluding steroid dienone is 1. The number of benzene rings is 1. The molecule has 3 nitrogen and oxygen atoms in total. The standard InChI is InChI=1S/C14H20N2O/c1-10(2)7-8-12(16-15)14-9-11-5-3-4-6-13(11)17-14/h3-6,12,14,16H,1,7-9,15H2,2H3. The Hall–Kier alpha value is -1.32. The van der Waals surface area contributed by atoms with Gasteiger partial charge in [-0.05, 0) is 31.4 Å². The molecule has 2 atom stereocenters. The van der Waals surface area contributed by atoms with Crippen molar-refractivity contribution >= 4 is 0 Å². The third kappa shape index (κ3) is 2.87. The van der Waals surface area contributed by atoms with Crippen LogP contribution >= 0.6 is 0 Å². The first-order valence-electron chi connectivity index (χ1n) is 6.06. The van der Waals surface area contributed by atoms with Crippen LogP contribution in [0.15, 0.2) is 36.4 Å². The van der Waals surface area contributed by atoms with Gasteiger partial charge in [0.1, 0.15) is 11.9 Å². The summed E-state index contributed by atoms with van der Waals surface area (Å²) >= 11 is 0. The third-order valence-corrected chi connectivity index (χ3v) is 3.22. The summed E-state index contributed by atoms with van der Waals surface area (Å²) in [5.41, 5.74) is 5.32. The second-order valence-corrected chi connectivity index (χ2v) is 4.74. The predicted molar refractivity (Wildman–Crippen MR) is 69.7 cm³/mol. The zero-order valence-electron chi connectivity index (χ0n) is 10.3. The van der Waals surface area contributed by atoms with Crippen molar-refractivity contribution in [1.82, 2.24) is 5.43 Å². The fourth-order valence-corrected chi connectivity index (χ4v) is 2.21. The molecule has 0 fully saturated rings. The first kappa shape index (κ1) is 12.1. The molecule has 92 valence electrons. The normalized spacial score (nSPS) is 19.5. The Morgan fingerprint density at radius 3 is 3.00 bits per heavy atom. The highest BCUT2D eigenvalue weighted by Gasteiger charge is 2.29. The van der Waals surface area contributed by atoms with Gasteiger partial charge in [0, 0.05) is 6.42 Å². The lowest BCUT2D eigenvalue weighted by Crippen LogP contribution is -2.46. The lowest BCUT2D eigenvalue weighted by atomic mass is 9.99. The number of nitrogens with two attached hydrogens (primary N) is 1. The van der Waals surface area contributed by atoms with Crippen LogP contribution in [-0.2, 0) is 6.42 Å². The van der Waals surface area contributed by atoms with Gasteiger partial charge in [-0.25, -0.2) is 0 Å². The summed E-state index contributed by atoms with van der Waals surface area (Å²) in [6, 6.07) is 8.35. The van der Waals surface area contributed by atoms with E-state index in [2.05, 4.69) is 18.1 Å². The molecule has 1 aliphatic heterocycles. The van der Waals surface area contributed by atoms with Gasteiger partial charge in [-0.3, -0.25) is 11.3 Å². The Morgan fingerprint density at radius 2 is 2.35 bits per heavy atom. The highest BCUT2D eigenvalue weighted by molar-refractivity contribution is 5.37. The highest BCUT2D eigenvalue weighted by atomic mass is 16.5. The van der Waals surface area contributed by atoms with Crippen LogP contribution in [0.5, 0.6) is 5.75 Å². The molecule has 3 heteroatoms. The minimum absolute atomic E-state index is 0.136.